The average Bonchev–Trinajstić information content (AvgIpc) is 2.62. The summed E-state index contributed by atoms with van der Waals surface area (Å²) in [6, 6.07) is 8.93. The van der Waals surface area contributed by atoms with E-state index in [4.69, 9.17) is 4.74 Å². The highest BCUT2D eigenvalue weighted by molar-refractivity contribution is 9.10. The molecule has 2 aromatic rings. The van der Waals surface area contributed by atoms with Crippen LogP contribution in [0, 0.1) is 24.0 Å². The molecule has 0 saturated carbocycles. The van der Waals surface area contributed by atoms with Crippen LogP contribution in [0.25, 0.3) is 0 Å². The number of non-ortho nitro benzene ring substituents is 1. The lowest BCUT2D eigenvalue weighted by Crippen LogP contribution is -2.47. The van der Waals surface area contributed by atoms with Gasteiger partial charge in [0.1, 0.15) is 5.75 Å². The molecule has 0 aromatic heterocycles. The van der Waals surface area contributed by atoms with Gasteiger partial charge in [-0.2, -0.15) is 0 Å². The highest BCUT2D eigenvalue weighted by atomic mass is 79.9. The summed E-state index contributed by atoms with van der Waals surface area (Å²) < 4.78 is 6.62. The fraction of sp³-hybridized carbons (Fsp3) is 0.222. The van der Waals surface area contributed by atoms with Crippen molar-refractivity contribution in [3.63, 3.8) is 0 Å². The first kappa shape index (κ1) is 20.4. The maximum atomic E-state index is 12.2. The van der Waals surface area contributed by atoms with E-state index in [1.165, 1.54) is 18.2 Å². The third-order valence-electron chi connectivity index (χ3n) is 3.71. The van der Waals surface area contributed by atoms with Crippen LogP contribution in [0.4, 0.5) is 5.69 Å². The second-order valence-electron chi connectivity index (χ2n) is 5.88. The molecule has 0 fully saturated rings. The number of nitrogens with zero attached hydrogens (tertiary/aromatic N) is 1. The number of rotatable bonds is 5. The Morgan fingerprint density at radius 1 is 1.15 bits per heavy atom. The fourth-order valence-electron chi connectivity index (χ4n) is 2.37. The van der Waals surface area contributed by atoms with Gasteiger partial charge < -0.3 is 4.74 Å². The van der Waals surface area contributed by atoms with Crippen LogP contribution in [0.2, 0.25) is 0 Å². The monoisotopic (exact) mass is 435 g/mol. The number of aryl methyl sites for hydroxylation is 2. The zero-order chi connectivity index (χ0) is 20.1. The number of nitro benzene ring substituents is 1. The molecule has 9 heteroatoms. The first-order valence-corrected chi connectivity index (χ1v) is 8.76. The first-order valence-electron chi connectivity index (χ1n) is 7.97. The van der Waals surface area contributed by atoms with Gasteiger partial charge >= 0.3 is 0 Å². The number of nitro groups is 1. The number of amides is 2. The maximum absolute atomic E-state index is 12.2. The topological polar surface area (TPSA) is 111 Å². The van der Waals surface area contributed by atoms with E-state index in [1.54, 1.807) is 6.92 Å². The molecule has 27 heavy (non-hydrogen) atoms. The van der Waals surface area contributed by atoms with Gasteiger partial charge in [0, 0.05) is 22.2 Å². The zero-order valence-electron chi connectivity index (χ0n) is 14.9. The van der Waals surface area contributed by atoms with Gasteiger partial charge in [-0.25, -0.2) is 0 Å². The molecule has 0 aliphatic heterocycles. The Labute approximate surface area is 164 Å². The standard InChI is InChI=1S/C18H18BrN3O5/c1-10-7-14(19)8-11(2)16(10)27-12(3)17(23)20-21-18(24)13-5-4-6-15(9-13)22(25)26/h4-9,12H,1-3H3,(H,20,23)(H,21,24). The van der Waals surface area contributed by atoms with E-state index in [-0.39, 0.29) is 11.3 Å². The molecular formula is C18H18BrN3O5. The maximum Gasteiger partial charge on any atom is 0.279 e. The van der Waals surface area contributed by atoms with Gasteiger partial charge in [0.25, 0.3) is 17.5 Å². The molecule has 0 aliphatic rings. The molecule has 0 bridgehead atoms. The molecule has 0 aliphatic carbocycles. The van der Waals surface area contributed by atoms with E-state index in [0.717, 1.165) is 21.7 Å². The number of hydrazine groups is 1. The Bertz CT molecular complexity index is 877. The lowest BCUT2D eigenvalue weighted by Gasteiger charge is -2.18. The Balaban J connectivity index is 1.98. The molecule has 2 aromatic carbocycles. The summed E-state index contributed by atoms with van der Waals surface area (Å²) in [6.07, 6.45) is -0.867. The molecule has 8 nitrogen and oxygen atoms in total. The Morgan fingerprint density at radius 2 is 1.78 bits per heavy atom. The summed E-state index contributed by atoms with van der Waals surface area (Å²) in [7, 11) is 0. The van der Waals surface area contributed by atoms with Crippen LogP contribution in [-0.4, -0.2) is 22.8 Å². The minimum atomic E-state index is -0.867. The quantitative estimate of drug-likeness (QED) is 0.553. The predicted octanol–water partition coefficient (Wildman–Crippen LogP) is 3.20. The molecule has 142 valence electrons. The molecule has 0 radical (unpaired) electrons. The van der Waals surface area contributed by atoms with E-state index in [2.05, 4.69) is 26.8 Å². The van der Waals surface area contributed by atoms with Crippen molar-refractivity contribution >= 4 is 33.4 Å². The van der Waals surface area contributed by atoms with Crippen molar-refractivity contribution in [3.05, 3.63) is 67.7 Å². The summed E-state index contributed by atoms with van der Waals surface area (Å²) in [5.74, 6) is -0.642. The van der Waals surface area contributed by atoms with Gasteiger partial charge in [-0.15, -0.1) is 0 Å². The van der Waals surface area contributed by atoms with Crippen LogP contribution in [0.5, 0.6) is 5.75 Å². The minimum Gasteiger partial charge on any atom is -0.480 e. The lowest BCUT2D eigenvalue weighted by atomic mass is 10.1. The molecule has 0 saturated heterocycles. The van der Waals surface area contributed by atoms with Gasteiger partial charge in [0.15, 0.2) is 6.10 Å². The molecule has 0 spiro atoms. The Morgan fingerprint density at radius 3 is 2.37 bits per heavy atom. The zero-order valence-corrected chi connectivity index (χ0v) is 16.5. The highest BCUT2D eigenvalue weighted by Gasteiger charge is 2.19. The van der Waals surface area contributed by atoms with Crippen molar-refractivity contribution in [2.24, 2.45) is 0 Å². The van der Waals surface area contributed by atoms with Gasteiger partial charge in [0.05, 0.1) is 4.92 Å². The SMILES string of the molecule is Cc1cc(Br)cc(C)c1OC(C)C(=O)NNC(=O)c1cccc([N+](=O)[O-])c1. The van der Waals surface area contributed by atoms with Gasteiger partial charge in [-0.3, -0.25) is 30.6 Å². The van der Waals surface area contributed by atoms with E-state index in [0.29, 0.717) is 5.75 Å². The molecule has 1 atom stereocenters. The third-order valence-corrected chi connectivity index (χ3v) is 4.17. The van der Waals surface area contributed by atoms with Crippen molar-refractivity contribution in [2.45, 2.75) is 26.9 Å². The van der Waals surface area contributed by atoms with E-state index < -0.39 is 22.8 Å². The average molecular weight is 436 g/mol. The fourth-order valence-corrected chi connectivity index (χ4v) is 3.05. The molecule has 2 N–H and O–H groups in total. The summed E-state index contributed by atoms with van der Waals surface area (Å²) >= 11 is 3.39. The summed E-state index contributed by atoms with van der Waals surface area (Å²) in [5.41, 5.74) is 6.04. The highest BCUT2D eigenvalue weighted by Crippen LogP contribution is 2.28. The van der Waals surface area contributed by atoms with Crippen molar-refractivity contribution in [1.29, 1.82) is 0 Å². The van der Waals surface area contributed by atoms with E-state index in [9.17, 15) is 19.7 Å². The largest absolute Gasteiger partial charge is 0.480 e. The van der Waals surface area contributed by atoms with Crippen LogP contribution in [0.1, 0.15) is 28.4 Å². The van der Waals surface area contributed by atoms with Gasteiger partial charge in [-0.05, 0) is 50.1 Å². The van der Waals surface area contributed by atoms with Crippen molar-refractivity contribution in [3.8, 4) is 5.75 Å². The number of carbonyl (C=O) groups excluding carboxylic acids is 2. The number of carbonyl (C=O) groups is 2. The normalized spacial score (nSPS) is 11.4. The lowest BCUT2D eigenvalue weighted by molar-refractivity contribution is -0.384. The Kier molecular flexibility index (Phi) is 6.51. The van der Waals surface area contributed by atoms with E-state index in [1.807, 2.05) is 26.0 Å². The summed E-state index contributed by atoms with van der Waals surface area (Å²) in [4.78, 5) is 34.4. The van der Waals surface area contributed by atoms with Crippen LogP contribution in [-0.2, 0) is 4.79 Å². The van der Waals surface area contributed by atoms with Crippen molar-refractivity contribution < 1.29 is 19.2 Å². The molecule has 0 heterocycles. The first-order chi connectivity index (χ1) is 12.7. The molecular weight excluding hydrogens is 418 g/mol. The molecule has 2 rings (SSSR count). The number of hydrogen-bond donors (Lipinski definition) is 2. The predicted molar refractivity (Wildman–Crippen MR) is 102 cm³/mol. The van der Waals surface area contributed by atoms with Crippen LogP contribution in [0.15, 0.2) is 40.9 Å². The van der Waals surface area contributed by atoms with Crippen LogP contribution >= 0.6 is 15.9 Å². The van der Waals surface area contributed by atoms with Gasteiger partial charge in [0.2, 0.25) is 0 Å². The van der Waals surface area contributed by atoms with Crippen LogP contribution < -0.4 is 15.6 Å². The number of benzene rings is 2. The van der Waals surface area contributed by atoms with Crippen molar-refractivity contribution in [1.82, 2.24) is 10.9 Å². The summed E-state index contributed by atoms with van der Waals surface area (Å²) in [6.45, 7) is 5.28. The smallest absolute Gasteiger partial charge is 0.279 e. The van der Waals surface area contributed by atoms with Gasteiger partial charge in [-0.1, -0.05) is 22.0 Å². The Hall–Kier alpha value is -2.94. The number of nitrogens with one attached hydrogen (secondary N) is 2. The third kappa shape index (κ3) is 5.27. The van der Waals surface area contributed by atoms with Crippen molar-refractivity contribution in [2.75, 3.05) is 0 Å². The minimum absolute atomic E-state index is 0.0534. The number of hydrogen-bond acceptors (Lipinski definition) is 5. The molecule has 2 amide bonds. The summed E-state index contributed by atoms with van der Waals surface area (Å²) in [5, 5.41) is 10.8. The number of halogens is 1. The van der Waals surface area contributed by atoms with Crippen LogP contribution in [0.3, 0.4) is 0 Å². The second-order valence-corrected chi connectivity index (χ2v) is 6.80. The molecule has 1 unspecified atom stereocenters. The number of ether oxygens (including phenoxy) is 1. The van der Waals surface area contributed by atoms with E-state index >= 15 is 0 Å². The second kappa shape index (κ2) is 8.63.